The maximum absolute atomic E-state index is 4.33. The Bertz CT molecular complexity index is 414. The van der Waals surface area contributed by atoms with Gasteiger partial charge in [0.15, 0.2) is 0 Å². The largest absolute Gasteiger partial charge is 0.243 e. The summed E-state index contributed by atoms with van der Waals surface area (Å²) in [4.78, 5) is 6.78. The molecule has 2 aromatic rings. The first-order chi connectivity index (χ1) is 6.16. The van der Waals surface area contributed by atoms with Crippen molar-refractivity contribution in [2.45, 2.75) is 6.92 Å². The normalized spacial score (nSPS) is 10.7. The van der Waals surface area contributed by atoms with Crippen LogP contribution in [0, 0.1) is 6.92 Å². The number of hydrogen-bond donors (Lipinski definition) is 0. The van der Waals surface area contributed by atoms with Crippen LogP contribution in [0.5, 0.6) is 0 Å². The zero-order valence-electron chi connectivity index (χ0n) is 6.67. The van der Waals surface area contributed by atoms with Gasteiger partial charge in [0.2, 0.25) is 0 Å². The van der Waals surface area contributed by atoms with Crippen molar-refractivity contribution < 1.29 is 0 Å². The van der Waals surface area contributed by atoms with Gasteiger partial charge in [0, 0.05) is 15.5 Å². The van der Waals surface area contributed by atoms with Crippen LogP contribution >= 0.6 is 54.5 Å². The summed E-state index contributed by atoms with van der Waals surface area (Å²) in [6.07, 6.45) is 1.90. The molecule has 0 fully saturated rings. The standard InChI is InChI=1S/C8H5Br2NS2/c1-4-3-11-8(12-4)6-2-5(9)7(10)13-6/h2-3H,1H3. The number of thiophene rings is 1. The van der Waals surface area contributed by atoms with Crippen LogP contribution in [-0.4, -0.2) is 4.98 Å². The van der Waals surface area contributed by atoms with Gasteiger partial charge >= 0.3 is 0 Å². The molecule has 68 valence electrons. The van der Waals surface area contributed by atoms with E-state index in [1.54, 1.807) is 22.7 Å². The van der Waals surface area contributed by atoms with Crippen molar-refractivity contribution in [1.82, 2.24) is 4.98 Å². The van der Waals surface area contributed by atoms with Crippen molar-refractivity contribution in [3.8, 4) is 9.88 Å². The lowest BCUT2D eigenvalue weighted by molar-refractivity contribution is 1.39. The van der Waals surface area contributed by atoms with Crippen molar-refractivity contribution >= 4 is 54.5 Å². The summed E-state index contributed by atoms with van der Waals surface area (Å²) in [7, 11) is 0. The second-order valence-corrected chi connectivity index (χ2v) is 6.97. The minimum Gasteiger partial charge on any atom is -0.243 e. The Balaban J connectivity index is 2.46. The Kier molecular flexibility index (Phi) is 2.88. The Labute approximate surface area is 101 Å². The summed E-state index contributed by atoms with van der Waals surface area (Å²) < 4.78 is 2.22. The molecule has 0 unspecified atom stereocenters. The zero-order valence-corrected chi connectivity index (χ0v) is 11.5. The van der Waals surface area contributed by atoms with Crippen LogP contribution in [0.2, 0.25) is 0 Å². The van der Waals surface area contributed by atoms with Crippen LogP contribution < -0.4 is 0 Å². The molecule has 0 aliphatic carbocycles. The van der Waals surface area contributed by atoms with E-state index in [4.69, 9.17) is 0 Å². The molecule has 5 heteroatoms. The monoisotopic (exact) mass is 337 g/mol. The van der Waals surface area contributed by atoms with Crippen LogP contribution in [0.15, 0.2) is 20.5 Å². The highest BCUT2D eigenvalue weighted by molar-refractivity contribution is 9.13. The molecule has 0 radical (unpaired) electrons. The van der Waals surface area contributed by atoms with Gasteiger partial charge in [-0.2, -0.15) is 0 Å². The number of aryl methyl sites for hydroxylation is 1. The summed E-state index contributed by atoms with van der Waals surface area (Å²) >= 11 is 10.3. The van der Waals surface area contributed by atoms with Crippen LogP contribution in [-0.2, 0) is 0 Å². The van der Waals surface area contributed by atoms with Crippen LogP contribution in [0.1, 0.15) is 4.88 Å². The molecule has 0 atom stereocenters. The summed E-state index contributed by atoms with van der Waals surface area (Å²) in [5, 5.41) is 1.09. The first-order valence-corrected chi connectivity index (χ1v) is 6.76. The molecule has 0 amide bonds. The molecular formula is C8H5Br2NS2. The molecule has 0 saturated heterocycles. The van der Waals surface area contributed by atoms with E-state index in [1.807, 2.05) is 6.20 Å². The summed E-state index contributed by atoms with van der Waals surface area (Å²) in [5.41, 5.74) is 0. The van der Waals surface area contributed by atoms with Crippen LogP contribution in [0.3, 0.4) is 0 Å². The zero-order chi connectivity index (χ0) is 9.42. The third kappa shape index (κ3) is 2.03. The van der Waals surface area contributed by atoms with Gasteiger partial charge in [-0.25, -0.2) is 4.98 Å². The number of hydrogen-bond acceptors (Lipinski definition) is 3. The van der Waals surface area contributed by atoms with Gasteiger partial charge in [0.05, 0.1) is 8.66 Å². The fraction of sp³-hybridized carbons (Fsp3) is 0.125. The average molecular weight is 339 g/mol. The fourth-order valence-electron chi connectivity index (χ4n) is 0.921. The minimum absolute atomic E-state index is 1.09. The average Bonchev–Trinajstić information content (AvgIpc) is 2.61. The van der Waals surface area contributed by atoms with Crippen molar-refractivity contribution in [2.24, 2.45) is 0 Å². The van der Waals surface area contributed by atoms with E-state index in [2.05, 4.69) is 49.8 Å². The molecule has 0 N–H and O–H groups in total. The SMILES string of the molecule is Cc1cnc(-c2cc(Br)c(Br)s2)s1. The number of halogens is 2. The first kappa shape index (κ1) is 9.83. The molecule has 0 aromatic carbocycles. The predicted octanol–water partition coefficient (Wildman–Crippen LogP) is 4.71. The molecule has 0 spiro atoms. The number of nitrogens with zero attached hydrogens (tertiary/aromatic N) is 1. The van der Waals surface area contributed by atoms with E-state index in [1.165, 1.54) is 9.75 Å². The second kappa shape index (κ2) is 3.81. The number of rotatable bonds is 1. The van der Waals surface area contributed by atoms with Gasteiger partial charge in [-0.05, 0) is 44.8 Å². The van der Waals surface area contributed by atoms with E-state index >= 15 is 0 Å². The number of thiazole rings is 1. The molecule has 0 aliphatic rings. The third-order valence-electron chi connectivity index (χ3n) is 1.48. The van der Waals surface area contributed by atoms with Gasteiger partial charge in [-0.15, -0.1) is 22.7 Å². The van der Waals surface area contributed by atoms with Crippen LogP contribution in [0.25, 0.3) is 9.88 Å². The maximum atomic E-state index is 4.33. The molecule has 2 rings (SSSR count). The van der Waals surface area contributed by atoms with E-state index in [9.17, 15) is 0 Å². The van der Waals surface area contributed by atoms with Crippen molar-refractivity contribution in [2.75, 3.05) is 0 Å². The van der Waals surface area contributed by atoms with Gasteiger partial charge in [-0.1, -0.05) is 0 Å². The summed E-state index contributed by atoms with van der Waals surface area (Å²) in [5.74, 6) is 0. The van der Waals surface area contributed by atoms with Gasteiger partial charge in [0.1, 0.15) is 5.01 Å². The molecular weight excluding hydrogens is 334 g/mol. The maximum Gasteiger partial charge on any atom is 0.133 e. The highest BCUT2D eigenvalue weighted by Crippen LogP contribution is 2.39. The van der Waals surface area contributed by atoms with E-state index in [0.717, 1.165) is 13.3 Å². The van der Waals surface area contributed by atoms with E-state index < -0.39 is 0 Å². The molecule has 2 heterocycles. The molecule has 0 saturated carbocycles. The molecule has 13 heavy (non-hydrogen) atoms. The highest BCUT2D eigenvalue weighted by Gasteiger charge is 2.08. The molecule has 2 aromatic heterocycles. The van der Waals surface area contributed by atoms with Crippen molar-refractivity contribution in [1.29, 1.82) is 0 Å². The molecule has 1 nitrogen and oxygen atoms in total. The fourth-order valence-corrected chi connectivity index (χ4v) is 3.77. The first-order valence-electron chi connectivity index (χ1n) is 3.54. The lowest BCUT2D eigenvalue weighted by Crippen LogP contribution is -1.63. The van der Waals surface area contributed by atoms with Crippen molar-refractivity contribution in [3.05, 3.63) is 25.4 Å². The second-order valence-electron chi connectivity index (χ2n) is 2.51. The van der Waals surface area contributed by atoms with E-state index in [0.29, 0.717) is 0 Å². The summed E-state index contributed by atoms with van der Waals surface area (Å²) in [6.45, 7) is 2.07. The van der Waals surface area contributed by atoms with Crippen LogP contribution in [0.4, 0.5) is 0 Å². The summed E-state index contributed by atoms with van der Waals surface area (Å²) in [6, 6.07) is 2.09. The Hall–Kier alpha value is 0.290. The minimum atomic E-state index is 1.09. The van der Waals surface area contributed by atoms with Gasteiger partial charge in [0.25, 0.3) is 0 Å². The van der Waals surface area contributed by atoms with Crippen molar-refractivity contribution in [3.63, 3.8) is 0 Å². The molecule has 0 aliphatic heterocycles. The smallest absolute Gasteiger partial charge is 0.133 e. The Morgan fingerprint density at radius 2 is 2.08 bits per heavy atom. The lowest BCUT2D eigenvalue weighted by Gasteiger charge is -1.84. The Morgan fingerprint density at radius 3 is 2.54 bits per heavy atom. The highest BCUT2D eigenvalue weighted by atomic mass is 79.9. The third-order valence-corrected chi connectivity index (χ3v) is 5.82. The lowest BCUT2D eigenvalue weighted by atomic mass is 10.5. The predicted molar refractivity (Wildman–Crippen MR) is 65.6 cm³/mol. The topological polar surface area (TPSA) is 12.9 Å². The van der Waals surface area contributed by atoms with E-state index in [-0.39, 0.29) is 0 Å². The number of aromatic nitrogens is 1. The van der Waals surface area contributed by atoms with Gasteiger partial charge in [-0.3, -0.25) is 0 Å². The molecule has 0 bridgehead atoms. The quantitative estimate of drug-likeness (QED) is 0.734. The Morgan fingerprint density at radius 1 is 1.31 bits per heavy atom. The van der Waals surface area contributed by atoms with Gasteiger partial charge < -0.3 is 0 Å².